The molecule has 20 heavy (non-hydrogen) atoms. The van der Waals surface area contributed by atoms with Gasteiger partial charge < -0.3 is 10.7 Å². The predicted molar refractivity (Wildman–Crippen MR) is 84.6 cm³/mol. The molecule has 3 nitrogen and oxygen atoms in total. The van der Waals surface area contributed by atoms with Crippen molar-refractivity contribution in [1.82, 2.24) is 9.97 Å². The highest BCUT2D eigenvalue weighted by molar-refractivity contribution is 5.58. The summed E-state index contributed by atoms with van der Waals surface area (Å²) in [5, 5.41) is 0. The third-order valence-electron chi connectivity index (χ3n) is 3.67. The van der Waals surface area contributed by atoms with Gasteiger partial charge in [0.15, 0.2) is 0 Å². The summed E-state index contributed by atoms with van der Waals surface area (Å²) in [5.41, 5.74) is 9.19. The molecular weight excluding hydrogens is 246 g/mol. The Morgan fingerprint density at radius 2 is 1.80 bits per heavy atom. The summed E-state index contributed by atoms with van der Waals surface area (Å²) < 4.78 is 0. The van der Waals surface area contributed by atoms with Crippen molar-refractivity contribution >= 4 is 0 Å². The minimum Gasteiger partial charge on any atom is -0.342 e. The molecule has 0 aliphatic rings. The van der Waals surface area contributed by atoms with E-state index in [2.05, 4.69) is 41.2 Å². The summed E-state index contributed by atoms with van der Waals surface area (Å²) >= 11 is 0. The molecule has 0 amide bonds. The number of H-pyrrole nitrogens is 1. The molecule has 0 saturated carbocycles. The number of hydrogen-bond acceptors (Lipinski definition) is 2. The summed E-state index contributed by atoms with van der Waals surface area (Å²) in [7, 11) is 0. The summed E-state index contributed by atoms with van der Waals surface area (Å²) in [6, 6.07) is 8.69. The molecule has 1 aromatic heterocycles. The van der Waals surface area contributed by atoms with Gasteiger partial charge in [-0.15, -0.1) is 0 Å². The van der Waals surface area contributed by atoms with Gasteiger partial charge in [0.1, 0.15) is 5.82 Å². The summed E-state index contributed by atoms with van der Waals surface area (Å²) in [6.07, 6.45) is 8.82. The van der Waals surface area contributed by atoms with E-state index in [9.17, 15) is 0 Å². The molecule has 0 fully saturated rings. The Morgan fingerprint density at radius 1 is 1.05 bits per heavy atom. The number of rotatable bonds is 8. The SMILES string of the molecule is CCc1ccc(-c2cnc(CCCCCCN)[nH]2)cc1. The summed E-state index contributed by atoms with van der Waals surface area (Å²) in [6.45, 7) is 2.98. The zero-order valence-electron chi connectivity index (χ0n) is 12.4. The summed E-state index contributed by atoms with van der Waals surface area (Å²) in [4.78, 5) is 7.89. The molecule has 3 heteroatoms. The van der Waals surface area contributed by atoms with Crippen LogP contribution in [0, 0.1) is 0 Å². The van der Waals surface area contributed by atoms with E-state index in [4.69, 9.17) is 5.73 Å². The van der Waals surface area contributed by atoms with Crippen molar-refractivity contribution in [2.45, 2.75) is 45.4 Å². The lowest BCUT2D eigenvalue weighted by Crippen LogP contribution is -1.98. The number of benzene rings is 1. The quantitative estimate of drug-likeness (QED) is 0.719. The number of nitrogens with one attached hydrogen (secondary N) is 1. The van der Waals surface area contributed by atoms with E-state index in [1.165, 1.54) is 30.4 Å². The number of nitrogens with two attached hydrogens (primary N) is 1. The predicted octanol–water partition coefficient (Wildman–Crippen LogP) is 3.70. The Kier molecular flexibility index (Phi) is 5.81. The Balaban J connectivity index is 1.87. The van der Waals surface area contributed by atoms with Gasteiger partial charge in [-0.05, 0) is 36.9 Å². The third-order valence-corrected chi connectivity index (χ3v) is 3.67. The molecule has 0 aliphatic carbocycles. The van der Waals surface area contributed by atoms with Crippen molar-refractivity contribution in [3.05, 3.63) is 41.9 Å². The first-order valence-electron chi connectivity index (χ1n) is 7.66. The Hall–Kier alpha value is -1.61. The van der Waals surface area contributed by atoms with Gasteiger partial charge in [0.25, 0.3) is 0 Å². The zero-order chi connectivity index (χ0) is 14.2. The molecule has 108 valence electrons. The van der Waals surface area contributed by atoms with E-state index in [0.717, 1.165) is 37.3 Å². The van der Waals surface area contributed by atoms with E-state index in [1.807, 2.05) is 6.20 Å². The molecule has 1 aromatic carbocycles. The lowest BCUT2D eigenvalue weighted by Gasteiger charge is -2.00. The maximum absolute atomic E-state index is 5.49. The number of nitrogens with zero attached hydrogens (tertiary/aromatic N) is 1. The van der Waals surface area contributed by atoms with Crippen LogP contribution in [-0.4, -0.2) is 16.5 Å². The van der Waals surface area contributed by atoms with Crippen molar-refractivity contribution < 1.29 is 0 Å². The lowest BCUT2D eigenvalue weighted by molar-refractivity contribution is 0.638. The van der Waals surface area contributed by atoms with Crippen LogP contribution in [0.5, 0.6) is 0 Å². The van der Waals surface area contributed by atoms with E-state index >= 15 is 0 Å². The van der Waals surface area contributed by atoms with Crippen LogP contribution in [0.3, 0.4) is 0 Å². The Bertz CT molecular complexity index is 499. The Labute approximate surface area is 121 Å². The molecule has 0 saturated heterocycles. The average molecular weight is 271 g/mol. The standard InChI is InChI=1S/C17H25N3/c1-2-14-8-10-15(11-9-14)16-13-19-17(20-16)7-5-3-4-6-12-18/h8-11,13H,2-7,12,18H2,1H3,(H,19,20). The van der Waals surface area contributed by atoms with Gasteiger partial charge in [-0.1, -0.05) is 44.0 Å². The largest absolute Gasteiger partial charge is 0.342 e. The molecule has 0 atom stereocenters. The topological polar surface area (TPSA) is 54.7 Å². The van der Waals surface area contributed by atoms with Crippen LogP contribution in [0.2, 0.25) is 0 Å². The van der Waals surface area contributed by atoms with Crippen molar-refractivity contribution in [3.63, 3.8) is 0 Å². The fraction of sp³-hybridized carbons (Fsp3) is 0.471. The van der Waals surface area contributed by atoms with Crippen molar-refractivity contribution in [2.75, 3.05) is 6.54 Å². The first kappa shape index (κ1) is 14.8. The minimum atomic E-state index is 0.804. The van der Waals surface area contributed by atoms with Crippen LogP contribution < -0.4 is 5.73 Å². The molecule has 2 aromatic rings. The smallest absolute Gasteiger partial charge is 0.106 e. The van der Waals surface area contributed by atoms with Gasteiger partial charge in [0.05, 0.1) is 11.9 Å². The van der Waals surface area contributed by atoms with Gasteiger partial charge in [-0.2, -0.15) is 0 Å². The molecular formula is C17H25N3. The van der Waals surface area contributed by atoms with Crippen molar-refractivity contribution in [3.8, 4) is 11.3 Å². The van der Waals surface area contributed by atoms with Crippen molar-refractivity contribution in [2.24, 2.45) is 5.73 Å². The van der Waals surface area contributed by atoms with Crippen LogP contribution in [0.25, 0.3) is 11.3 Å². The van der Waals surface area contributed by atoms with Gasteiger partial charge >= 0.3 is 0 Å². The molecule has 0 aliphatic heterocycles. The van der Waals surface area contributed by atoms with Crippen LogP contribution in [0.1, 0.15) is 44.0 Å². The normalized spacial score (nSPS) is 10.9. The fourth-order valence-electron chi connectivity index (χ4n) is 2.35. The maximum Gasteiger partial charge on any atom is 0.106 e. The second-order valence-electron chi connectivity index (χ2n) is 5.25. The Morgan fingerprint density at radius 3 is 2.50 bits per heavy atom. The molecule has 0 radical (unpaired) electrons. The number of aromatic nitrogens is 2. The van der Waals surface area contributed by atoms with Crippen LogP contribution in [0.4, 0.5) is 0 Å². The van der Waals surface area contributed by atoms with Crippen LogP contribution in [-0.2, 0) is 12.8 Å². The number of unbranched alkanes of at least 4 members (excludes halogenated alkanes) is 3. The second-order valence-corrected chi connectivity index (χ2v) is 5.25. The highest BCUT2D eigenvalue weighted by atomic mass is 14.9. The average Bonchev–Trinajstić information content (AvgIpc) is 2.96. The lowest BCUT2D eigenvalue weighted by atomic mass is 10.1. The molecule has 3 N–H and O–H groups in total. The first-order chi connectivity index (χ1) is 9.83. The highest BCUT2D eigenvalue weighted by Crippen LogP contribution is 2.18. The number of hydrogen-bond donors (Lipinski definition) is 2. The molecule has 2 rings (SSSR count). The van der Waals surface area contributed by atoms with E-state index < -0.39 is 0 Å². The number of aryl methyl sites for hydroxylation is 2. The molecule has 0 spiro atoms. The van der Waals surface area contributed by atoms with Crippen molar-refractivity contribution in [1.29, 1.82) is 0 Å². The zero-order valence-corrected chi connectivity index (χ0v) is 12.4. The van der Waals surface area contributed by atoms with Gasteiger partial charge in [-0.3, -0.25) is 0 Å². The van der Waals surface area contributed by atoms with E-state index in [1.54, 1.807) is 0 Å². The summed E-state index contributed by atoms with van der Waals surface area (Å²) in [5.74, 6) is 1.09. The maximum atomic E-state index is 5.49. The number of aromatic amines is 1. The molecule has 0 bridgehead atoms. The molecule has 1 heterocycles. The van der Waals surface area contributed by atoms with Gasteiger partial charge in [0.2, 0.25) is 0 Å². The van der Waals surface area contributed by atoms with E-state index in [0.29, 0.717) is 0 Å². The molecule has 0 unspecified atom stereocenters. The number of imidazole rings is 1. The third kappa shape index (κ3) is 4.20. The minimum absolute atomic E-state index is 0.804. The second kappa shape index (κ2) is 7.85. The van der Waals surface area contributed by atoms with Crippen LogP contribution >= 0.6 is 0 Å². The highest BCUT2D eigenvalue weighted by Gasteiger charge is 2.03. The first-order valence-corrected chi connectivity index (χ1v) is 7.66. The van der Waals surface area contributed by atoms with Gasteiger partial charge in [0, 0.05) is 6.42 Å². The van der Waals surface area contributed by atoms with Crippen LogP contribution in [0.15, 0.2) is 30.5 Å². The monoisotopic (exact) mass is 271 g/mol. The van der Waals surface area contributed by atoms with E-state index in [-0.39, 0.29) is 0 Å². The van der Waals surface area contributed by atoms with Gasteiger partial charge in [-0.25, -0.2) is 4.98 Å². The fourth-order valence-corrected chi connectivity index (χ4v) is 2.35.